The summed E-state index contributed by atoms with van der Waals surface area (Å²) in [6.07, 6.45) is 5.76. The van der Waals surface area contributed by atoms with Crippen molar-refractivity contribution >= 4 is 11.8 Å². The van der Waals surface area contributed by atoms with Crippen LogP contribution in [0.5, 0.6) is 0 Å². The lowest BCUT2D eigenvalue weighted by atomic mass is 10.1. The minimum absolute atomic E-state index is 0.323. The van der Waals surface area contributed by atoms with Gasteiger partial charge in [-0.05, 0) is 50.1 Å². The lowest BCUT2D eigenvalue weighted by molar-refractivity contribution is -0.132. The van der Waals surface area contributed by atoms with E-state index in [4.69, 9.17) is 9.84 Å². The number of carboxylic acid groups (broad SMARTS) is 1. The van der Waals surface area contributed by atoms with Crippen molar-refractivity contribution in [3.63, 3.8) is 0 Å². The predicted octanol–water partition coefficient (Wildman–Crippen LogP) is 4.11. The van der Waals surface area contributed by atoms with Crippen molar-refractivity contribution in [2.24, 2.45) is 0 Å². The van der Waals surface area contributed by atoms with Crippen molar-refractivity contribution in [1.29, 1.82) is 0 Å². The Morgan fingerprint density at radius 3 is 2.62 bits per heavy atom. The van der Waals surface area contributed by atoms with Gasteiger partial charge in [0.15, 0.2) is 0 Å². The van der Waals surface area contributed by atoms with Gasteiger partial charge in [0, 0.05) is 31.1 Å². The Bertz CT molecular complexity index is 1030. The summed E-state index contributed by atoms with van der Waals surface area (Å²) in [5, 5.41) is 14.5. The first-order chi connectivity index (χ1) is 13.8. The molecule has 1 aromatic carbocycles. The number of nitrogens with zero attached hydrogens (tertiary/aromatic N) is 3. The maximum Gasteiger partial charge on any atom is 0.332 e. The number of allylic oxidation sites excluding steroid dienone is 2. The molecule has 1 aliphatic carbocycles. The summed E-state index contributed by atoms with van der Waals surface area (Å²) in [5.74, 6) is 0.706. The molecule has 0 saturated heterocycles. The van der Waals surface area contributed by atoms with Gasteiger partial charge in [0.05, 0.1) is 18.5 Å². The van der Waals surface area contributed by atoms with E-state index in [0.29, 0.717) is 24.3 Å². The minimum atomic E-state index is -0.910. The van der Waals surface area contributed by atoms with Crippen molar-refractivity contribution in [1.82, 2.24) is 9.78 Å². The maximum absolute atomic E-state index is 11.8. The zero-order chi connectivity index (χ0) is 21.1. The smallest absolute Gasteiger partial charge is 0.332 e. The summed E-state index contributed by atoms with van der Waals surface area (Å²) < 4.78 is 7.22. The molecule has 0 fully saturated rings. The van der Waals surface area contributed by atoms with Crippen molar-refractivity contribution in [3.8, 4) is 5.69 Å². The fourth-order valence-electron chi connectivity index (χ4n) is 3.55. The number of methoxy groups -OCH3 is 1. The van der Waals surface area contributed by atoms with Crippen LogP contribution < -0.4 is 4.90 Å². The van der Waals surface area contributed by atoms with Crippen LogP contribution in [0.1, 0.15) is 23.2 Å². The third-order valence-corrected chi connectivity index (χ3v) is 5.28. The summed E-state index contributed by atoms with van der Waals surface area (Å²) in [5.41, 5.74) is 5.27. The molecule has 0 radical (unpaired) electrons. The second-order valence-electron chi connectivity index (χ2n) is 7.25. The first kappa shape index (κ1) is 20.5. The number of aromatic nitrogens is 2. The molecular weight excluding hydrogens is 366 g/mol. The summed E-state index contributed by atoms with van der Waals surface area (Å²) >= 11 is 0. The van der Waals surface area contributed by atoms with E-state index in [1.165, 1.54) is 0 Å². The molecule has 0 unspecified atom stereocenters. The average Bonchev–Trinajstić information content (AvgIpc) is 2.86. The molecule has 152 valence electrons. The number of para-hydroxylation sites is 1. The minimum Gasteiger partial charge on any atom is -0.497 e. The van der Waals surface area contributed by atoms with E-state index in [1.807, 2.05) is 55.9 Å². The summed E-state index contributed by atoms with van der Waals surface area (Å²) in [4.78, 5) is 13.9. The molecule has 0 atom stereocenters. The van der Waals surface area contributed by atoms with Crippen LogP contribution >= 0.6 is 0 Å². The molecule has 1 aliphatic rings. The van der Waals surface area contributed by atoms with E-state index in [9.17, 15) is 9.90 Å². The third-order valence-electron chi connectivity index (χ3n) is 5.28. The Labute approximate surface area is 171 Å². The van der Waals surface area contributed by atoms with E-state index < -0.39 is 5.97 Å². The van der Waals surface area contributed by atoms with Gasteiger partial charge in [-0.15, -0.1) is 0 Å². The van der Waals surface area contributed by atoms with Gasteiger partial charge in [-0.3, -0.25) is 0 Å². The highest BCUT2D eigenvalue weighted by molar-refractivity contribution is 5.89. The molecular formula is C23H27N3O3. The van der Waals surface area contributed by atoms with E-state index in [-0.39, 0.29) is 0 Å². The number of benzene rings is 1. The number of carbonyl (C=O) groups is 1. The van der Waals surface area contributed by atoms with Crippen LogP contribution in [0.4, 0.5) is 5.82 Å². The molecule has 1 aromatic heterocycles. The Morgan fingerprint density at radius 2 is 1.97 bits per heavy atom. The van der Waals surface area contributed by atoms with Gasteiger partial charge in [0.2, 0.25) is 0 Å². The molecule has 3 rings (SSSR count). The quantitative estimate of drug-likeness (QED) is 0.800. The van der Waals surface area contributed by atoms with Crippen LogP contribution in [-0.2, 0) is 9.53 Å². The van der Waals surface area contributed by atoms with Crippen LogP contribution in [0.2, 0.25) is 0 Å². The zero-order valence-electron chi connectivity index (χ0n) is 17.6. The Kier molecular flexibility index (Phi) is 5.92. The molecule has 1 heterocycles. The number of likely N-dealkylation sites (N-methyl/N-ethyl adjacent to an activating group) is 1. The standard InChI is InChI=1S/C23H27N3O3/c1-15-8-6-7-9-21(15)26-22(16(2)17(3)24-26)25(4)14-18-10-11-19(29-5)12-13-20(18)23(27)28/h6-12H,13-14H2,1-5H3,(H,27,28). The van der Waals surface area contributed by atoms with Crippen LogP contribution in [0.15, 0.2) is 59.4 Å². The predicted molar refractivity (Wildman–Crippen MR) is 115 cm³/mol. The Hall–Kier alpha value is -3.28. The van der Waals surface area contributed by atoms with Crippen LogP contribution in [-0.4, -0.2) is 41.6 Å². The molecule has 1 N–H and O–H groups in total. The van der Waals surface area contributed by atoms with Crippen molar-refractivity contribution in [3.05, 3.63) is 76.2 Å². The van der Waals surface area contributed by atoms with Gasteiger partial charge in [0.25, 0.3) is 0 Å². The first-order valence-electron chi connectivity index (χ1n) is 9.54. The molecule has 0 saturated carbocycles. The highest BCUT2D eigenvalue weighted by Crippen LogP contribution is 2.29. The van der Waals surface area contributed by atoms with E-state index in [1.54, 1.807) is 13.2 Å². The number of hydrogen-bond acceptors (Lipinski definition) is 4. The Balaban J connectivity index is 2.02. The molecule has 6 heteroatoms. The largest absolute Gasteiger partial charge is 0.497 e. The van der Waals surface area contributed by atoms with Gasteiger partial charge < -0.3 is 14.7 Å². The fraction of sp³-hybridized carbons (Fsp3) is 0.304. The number of ether oxygens (including phenoxy) is 1. The maximum atomic E-state index is 11.8. The fourth-order valence-corrected chi connectivity index (χ4v) is 3.55. The van der Waals surface area contributed by atoms with Crippen molar-refractivity contribution in [2.75, 3.05) is 25.6 Å². The summed E-state index contributed by atoms with van der Waals surface area (Å²) in [7, 11) is 3.55. The molecule has 0 bridgehead atoms. The molecule has 0 spiro atoms. The number of aliphatic carboxylic acids is 1. The number of hydrogen-bond donors (Lipinski definition) is 1. The lowest BCUT2D eigenvalue weighted by Crippen LogP contribution is -2.25. The van der Waals surface area contributed by atoms with E-state index >= 15 is 0 Å². The summed E-state index contributed by atoms with van der Waals surface area (Å²) in [6, 6.07) is 8.10. The highest BCUT2D eigenvalue weighted by atomic mass is 16.5. The zero-order valence-corrected chi connectivity index (χ0v) is 17.6. The lowest BCUT2D eigenvalue weighted by Gasteiger charge is -2.23. The Morgan fingerprint density at radius 1 is 1.24 bits per heavy atom. The first-order valence-corrected chi connectivity index (χ1v) is 9.54. The SMILES string of the molecule is COC1=CCC(C(=O)O)=C(CN(C)c2c(C)c(C)nn2-c2ccccc2C)C=C1. The molecule has 2 aromatic rings. The van der Waals surface area contributed by atoms with Gasteiger partial charge in [0.1, 0.15) is 11.6 Å². The number of carboxylic acids is 1. The van der Waals surface area contributed by atoms with E-state index in [0.717, 1.165) is 33.9 Å². The number of aryl methyl sites for hydroxylation is 2. The molecule has 0 amide bonds. The van der Waals surface area contributed by atoms with Gasteiger partial charge in [-0.2, -0.15) is 5.10 Å². The topological polar surface area (TPSA) is 67.6 Å². The van der Waals surface area contributed by atoms with Crippen LogP contribution in [0.3, 0.4) is 0 Å². The molecule has 29 heavy (non-hydrogen) atoms. The average molecular weight is 393 g/mol. The normalized spacial score (nSPS) is 13.9. The summed E-state index contributed by atoms with van der Waals surface area (Å²) in [6.45, 7) is 6.54. The molecule has 0 aliphatic heterocycles. The number of rotatable bonds is 6. The second-order valence-corrected chi connectivity index (χ2v) is 7.25. The van der Waals surface area contributed by atoms with Crippen LogP contribution in [0.25, 0.3) is 5.69 Å². The van der Waals surface area contributed by atoms with Crippen molar-refractivity contribution < 1.29 is 14.6 Å². The van der Waals surface area contributed by atoms with Gasteiger partial charge in [-0.1, -0.05) is 24.3 Å². The molecule has 6 nitrogen and oxygen atoms in total. The third kappa shape index (κ3) is 4.11. The highest BCUT2D eigenvalue weighted by Gasteiger charge is 2.21. The van der Waals surface area contributed by atoms with Crippen LogP contribution in [0, 0.1) is 20.8 Å². The van der Waals surface area contributed by atoms with Crippen molar-refractivity contribution in [2.45, 2.75) is 27.2 Å². The van der Waals surface area contributed by atoms with E-state index in [2.05, 4.69) is 17.9 Å². The van der Waals surface area contributed by atoms with Gasteiger partial charge >= 0.3 is 5.97 Å². The second kappa shape index (κ2) is 8.39. The monoisotopic (exact) mass is 393 g/mol. The van der Waals surface area contributed by atoms with Gasteiger partial charge in [-0.25, -0.2) is 9.48 Å². The number of anilines is 1.